The Labute approximate surface area is 185 Å². The SMILES string of the molecule is Cc1cccc(C)c1N(CC(=O)NCC(C)Cc1cccc2ccccc12)S(C)(=O)=O. The van der Waals surface area contributed by atoms with Crippen LogP contribution in [0, 0.1) is 19.8 Å². The molecule has 0 aliphatic rings. The highest BCUT2D eigenvalue weighted by molar-refractivity contribution is 7.92. The molecule has 0 spiro atoms. The first-order chi connectivity index (χ1) is 14.7. The topological polar surface area (TPSA) is 66.5 Å². The number of amides is 1. The summed E-state index contributed by atoms with van der Waals surface area (Å²) < 4.78 is 26.0. The van der Waals surface area contributed by atoms with Crippen molar-refractivity contribution in [3.8, 4) is 0 Å². The van der Waals surface area contributed by atoms with Crippen molar-refractivity contribution in [2.45, 2.75) is 27.2 Å². The van der Waals surface area contributed by atoms with E-state index in [2.05, 4.69) is 42.6 Å². The molecule has 0 fully saturated rings. The van der Waals surface area contributed by atoms with Gasteiger partial charge in [0.25, 0.3) is 0 Å². The number of rotatable bonds is 8. The lowest BCUT2D eigenvalue weighted by Gasteiger charge is -2.25. The zero-order valence-corrected chi connectivity index (χ0v) is 19.4. The van der Waals surface area contributed by atoms with Gasteiger partial charge in [-0.3, -0.25) is 9.10 Å². The van der Waals surface area contributed by atoms with Crippen molar-refractivity contribution in [3.63, 3.8) is 0 Å². The Morgan fingerprint density at radius 2 is 1.58 bits per heavy atom. The molecule has 0 saturated heterocycles. The molecule has 3 aromatic carbocycles. The number of benzene rings is 3. The van der Waals surface area contributed by atoms with Crippen molar-refractivity contribution in [2.24, 2.45) is 5.92 Å². The average Bonchev–Trinajstić information content (AvgIpc) is 2.71. The first-order valence-corrected chi connectivity index (χ1v) is 12.3. The Hall–Kier alpha value is -2.86. The number of para-hydroxylation sites is 1. The van der Waals surface area contributed by atoms with Crippen molar-refractivity contribution in [1.29, 1.82) is 0 Å². The van der Waals surface area contributed by atoms with Gasteiger partial charge in [0.2, 0.25) is 15.9 Å². The van der Waals surface area contributed by atoms with Crippen LogP contribution in [0.3, 0.4) is 0 Å². The number of anilines is 1. The van der Waals surface area contributed by atoms with Crippen LogP contribution in [-0.4, -0.2) is 33.7 Å². The minimum Gasteiger partial charge on any atom is -0.354 e. The molecule has 0 aliphatic heterocycles. The number of nitrogens with one attached hydrogen (secondary N) is 1. The fourth-order valence-corrected chi connectivity index (χ4v) is 4.93. The van der Waals surface area contributed by atoms with E-state index >= 15 is 0 Å². The van der Waals surface area contributed by atoms with E-state index in [9.17, 15) is 13.2 Å². The smallest absolute Gasteiger partial charge is 0.240 e. The first kappa shape index (κ1) is 22.8. The van der Waals surface area contributed by atoms with Gasteiger partial charge < -0.3 is 5.32 Å². The summed E-state index contributed by atoms with van der Waals surface area (Å²) in [7, 11) is -3.60. The van der Waals surface area contributed by atoms with Gasteiger partial charge in [0.1, 0.15) is 6.54 Å². The van der Waals surface area contributed by atoms with Crippen LogP contribution in [0.1, 0.15) is 23.6 Å². The third-order valence-corrected chi connectivity index (χ3v) is 6.58. The van der Waals surface area contributed by atoms with Crippen molar-refractivity contribution in [2.75, 3.05) is 23.7 Å². The molecule has 5 nitrogen and oxygen atoms in total. The van der Waals surface area contributed by atoms with Gasteiger partial charge in [-0.05, 0) is 53.6 Å². The van der Waals surface area contributed by atoms with Gasteiger partial charge in [0, 0.05) is 6.54 Å². The van der Waals surface area contributed by atoms with Crippen molar-refractivity contribution >= 4 is 32.4 Å². The number of hydrogen-bond acceptors (Lipinski definition) is 3. The highest BCUT2D eigenvalue weighted by atomic mass is 32.2. The summed E-state index contributed by atoms with van der Waals surface area (Å²) in [6.45, 7) is 6.04. The van der Waals surface area contributed by atoms with E-state index in [1.807, 2.05) is 44.2 Å². The minimum atomic E-state index is -3.60. The molecule has 1 unspecified atom stereocenters. The van der Waals surface area contributed by atoms with Gasteiger partial charge in [-0.2, -0.15) is 0 Å². The Morgan fingerprint density at radius 3 is 2.26 bits per heavy atom. The number of carbonyl (C=O) groups excluding carboxylic acids is 1. The molecular formula is C25H30N2O3S. The molecule has 0 aromatic heterocycles. The van der Waals surface area contributed by atoms with Gasteiger partial charge in [-0.15, -0.1) is 0 Å². The molecule has 3 aromatic rings. The second-order valence-corrected chi connectivity index (χ2v) is 10.2. The van der Waals surface area contributed by atoms with Crippen LogP contribution in [0.4, 0.5) is 5.69 Å². The number of carbonyl (C=O) groups is 1. The summed E-state index contributed by atoms with van der Waals surface area (Å²) >= 11 is 0. The van der Waals surface area contributed by atoms with E-state index in [0.29, 0.717) is 12.2 Å². The molecule has 1 N–H and O–H groups in total. The maximum absolute atomic E-state index is 12.6. The first-order valence-electron chi connectivity index (χ1n) is 10.4. The molecule has 164 valence electrons. The number of hydrogen-bond donors (Lipinski definition) is 1. The second-order valence-electron chi connectivity index (χ2n) is 8.26. The summed E-state index contributed by atoms with van der Waals surface area (Å²) in [5.74, 6) is -0.0977. The Balaban J connectivity index is 1.66. The Bertz CT molecular complexity index is 1160. The molecule has 31 heavy (non-hydrogen) atoms. The van der Waals surface area contributed by atoms with E-state index < -0.39 is 10.0 Å². The maximum Gasteiger partial charge on any atom is 0.240 e. The van der Waals surface area contributed by atoms with Crippen LogP contribution in [0.25, 0.3) is 10.8 Å². The van der Waals surface area contributed by atoms with Crippen molar-refractivity contribution in [3.05, 3.63) is 77.4 Å². The molecule has 0 heterocycles. The fraction of sp³-hybridized carbons (Fsp3) is 0.320. The standard InChI is InChI=1S/C25H30N2O3S/c1-18(15-22-13-8-12-21-11-5-6-14-23(21)22)16-26-24(28)17-27(31(4,29)30)25-19(2)9-7-10-20(25)3/h5-14,18H,15-17H2,1-4H3,(H,26,28). The van der Waals surface area contributed by atoms with Crippen molar-refractivity contribution < 1.29 is 13.2 Å². The summed E-state index contributed by atoms with van der Waals surface area (Å²) in [4.78, 5) is 12.6. The summed E-state index contributed by atoms with van der Waals surface area (Å²) in [6.07, 6.45) is 1.96. The van der Waals surface area contributed by atoms with Crippen molar-refractivity contribution in [1.82, 2.24) is 5.32 Å². The normalized spacial score (nSPS) is 12.5. The van der Waals surface area contributed by atoms with E-state index in [4.69, 9.17) is 0 Å². The predicted molar refractivity (Wildman–Crippen MR) is 128 cm³/mol. The van der Waals surface area contributed by atoms with Gasteiger partial charge in [-0.25, -0.2) is 8.42 Å². The number of aryl methyl sites for hydroxylation is 2. The molecule has 3 rings (SSSR count). The van der Waals surface area contributed by atoms with Crippen LogP contribution in [0.5, 0.6) is 0 Å². The fourth-order valence-electron chi connectivity index (χ4n) is 3.95. The predicted octanol–water partition coefficient (Wildman–Crippen LogP) is 4.22. The molecule has 1 amide bonds. The van der Waals surface area contributed by atoms with Gasteiger partial charge in [0.15, 0.2) is 0 Å². The molecule has 0 aliphatic carbocycles. The molecule has 0 saturated carbocycles. The summed E-state index contributed by atoms with van der Waals surface area (Å²) in [5.41, 5.74) is 3.46. The van der Waals surface area contributed by atoms with Gasteiger partial charge in [0.05, 0.1) is 11.9 Å². The molecule has 0 radical (unpaired) electrons. The number of sulfonamides is 1. The molecule has 0 bridgehead atoms. The lowest BCUT2D eigenvalue weighted by molar-refractivity contribution is -0.119. The highest BCUT2D eigenvalue weighted by Crippen LogP contribution is 2.26. The summed E-state index contributed by atoms with van der Waals surface area (Å²) in [6, 6.07) is 20.1. The average molecular weight is 439 g/mol. The lowest BCUT2D eigenvalue weighted by Crippen LogP contribution is -2.42. The minimum absolute atomic E-state index is 0.210. The largest absolute Gasteiger partial charge is 0.354 e. The third-order valence-electron chi connectivity index (χ3n) is 5.47. The lowest BCUT2D eigenvalue weighted by atomic mass is 9.96. The zero-order chi connectivity index (χ0) is 22.6. The van der Waals surface area contributed by atoms with Crippen LogP contribution < -0.4 is 9.62 Å². The molecule has 6 heteroatoms. The van der Waals surface area contributed by atoms with E-state index in [0.717, 1.165) is 23.8 Å². The van der Waals surface area contributed by atoms with Crippen LogP contribution in [-0.2, 0) is 21.2 Å². The molecule has 1 atom stereocenters. The second kappa shape index (κ2) is 9.52. The van der Waals surface area contributed by atoms with Gasteiger partial charge in [-0.1, -0.05) is 67.6 Å². The number of fused-ring (bicyclic) bond motifs is 1. The highest BCUT2D eigenvalue weighted by Gasteiger charge is 2.24. The van der Waals surface area contributed by atoms with Crippen LogP contribution >= 0.6 is 0 Å². The van der Waals surface area contributed by atoms with Crippen LogP contribution in [0.15, 0.2) is 60.7 Å². The van der Waals surface area contributed by atoms with E-state index in [1.54, 1.807) is 0 Å². The van der Waals surface area contributed by atoms with E-state index in [1.165, 1.54) is 20.6 Å². The maximum atomic E-state index is 12.6. The van der Waals surface area contributed by atoms with Gasteiger partial charge >= 0.3 is 0 Å². The monoisotopic (exact) mass is 438 g/mol. The van der Waals surface area contributed by atoms with Crippen LogP contribution in [0.2, 0.25) is 0 Å². The zero-order valence-electron chi connectivity index (χ0n) is 18.6. The Morgan fingerprint density at radius 1 is 0.968 bits per heavy atom. The molecular weight excluding hydrogens is 408 g/mol. The number of nitrogens with zero attached hydrogens (tertiary/aromatic N) is 1. The van der Waals surface area contributed by atoms with E-state index in [-0.39, 0.29) is 18.4 Å². The summed E-state index contributed by atoms with van der Waals surface area (Å²) in [5, 5.41) is 5.34. The third kappa shape index (κ3) is 5.64. The Kier molecular flexibility index (Phi) is 7.01. The quantitative estimate of drug-likeness (QED) is 0.573.